The van der Waals surface area contributed by atoms with Crippen LogP contribution in [0.25, 0.3) is 0 Å². The van der Waals surface area contributed by atoms with E-state index in [1.807, 2.05) is 18.2 Å². The molecule has 1 heterocycles. The standard InChI is InChI=1S/C11H14ClNO/c1-7(2)13-10-6-14-11-4-3-8(12)5-9(10)11/h3-5,7,10,13H,6H2,1-2H3. The molecule has 0 saturated heterocycles. The van der Waals surface area contributed by atoms with Crippen LogP contribution >= 0.6 is 11.6 Å². The minimum Gasteiger partial charge on any atom is -0.491 e. The Morgan fingerprint density at radius 1 is 1.50 bits per heavy atom. The van der Waals surface area contributed by atoms with Crippen LogP contribution in [0.2, 0.25) is 5.02 Å². The smallest absolute Gasteiger partial charge is 0.124 e. The number of ether oxygens (including phenoxy) is 1. The molecule has 76 valence electrons. The highest BCUT2D eigenvalue weighted by Crippen LogP contribution is 2.34. The van der Waals surface area contributed by atoms with Crippen molar-refractivity contribution in [3.63, 3.8) is 0 Å². The van der Waals surface area contributed by atoms with Crippen molar-refractivity contribution in [2.45, 2.75) is 25.9 Å². The summed E-state index contributed by atoms with van der Waals surface area (Å²) in [6.45, 7) is 4.96. The summed E-state index contributed by atoms with van der Waals surface area (Å²) in [5.41, 5.74) is 1.17. The maximum absolute atomic E-state index is 5.94. The third-order valence-electron chi connectivity index (χ3n) is 2.29. The summed E-state index contributed by atoms with van der Waals surface area (Å²) < 4.78 is 5.55. The lowest BCUT2D eigenvalue weighted by Gasteiger charge is -2.14. The Kier molecular flexibility index (Phi) is 2.66. The number of hydrogen-bond donors (Lipinski definition) is 1. The summed E-state index contributed by atoms with van der Waals surface area (Å²) in [5, 5.41) is 4.21. The minimum atomic E-state index is 0.281. The molecule has 1 atom stereocenters. The van der Waals surface area contributed by atoms with Crippen LogP contribution in [0, 0.1) is 0 Å². The number of hydrogen-bond acceptors (Lipinski definition) is 2. The molecule has 0 spiro atoms. The van der Waals surface area contributed by atoms with Crippen molar-refractivity contribution in [3.05, 3.63) is 28.8 Å². The molecule has 0 radical (unpaired) electrons. The molecule has 2 rings (SSSR count). The van der Waals surface area contributed by atoms with Crippen LogP contribution in [0.3, 0.4) is 0 Å². The van der Waals surface area contributed by atoms with E-state index in [1.54, 1.807) is 0 Å². The van der Waals surface area contributed by atoms with Crippen molar-refractivity contribution in [3.8, 4) is 5.75 Å². The maximum atomic E-state index is 5.94. The highest BCUT2D eigenvalue weighted by molar-refractivity contribution is 6.30. The second-order valence-electron chi connectivity index (χ2n) is 3.87. The molecule has 0 bridgehead atoms. The van der Waals surface area contributed by atoms with Crippen LogP contribution in [-0.4, -0.2) is 12.6 Å². The van der Waals surface area contributed by atoms with Crippen LogP contribution in [-0.2, 0) is 0 Å². The van der Waals surface area contributed by atoms with Gasteiger partial charge < -0.3 is 10.1 Å². The number of benzene rings is 1. The van der Waals surface area contributed by atoms with E-state index in [0.717, 1.165) is 10.8 Å². The number of rotatable bonds is 2. The fourth-order valence-corrected chi connectivity index (χ4v) is 1.91. The van der Waals surface area contributed by atoms with Crippen molar-refractivity contribution in [1.82, 2.24) is 5.32 Å². The molecule has 1 aromatic carbocycles. The molecular weight excluding hydrogens is 198 g/mol. The molecule has 0 fully saturated rings. The van der Waals surface area contributed by atoms with Gasteiger partial charge in [0.15, 0.2) is 0 Å². The first-order valence-electron chi connectivity index (χ1n) is 4.85. The highest BCUT2D eigenvalue weighted by atomic mass is 35.5. The lowest BCUT2D eigenvalue weighted by atomic mass is 10.1. The summed E-state index contributed by atoms with van der Waals surface area (Å²) in [6.07, 6.45) is 0. The van der Waals surface area contributed by atoms with Crippen LogP contribution in [0.1, 0.15) is 25.5 Å². The second kappa shape index (κ2) is 3.79. The monoisotopic (exact) mass is 211 g/mol. The van der Waals surface area contributed by atoms with E-state index in [0.29, 0.717) is 12.6 Å². The predicted molar refractivity (Wildman–Crippen MR) is 58.0 cm³/mol. The number of nitrogens with one attached hydrogen (secondary N) is 1. The topological polar surface area (TPSA) is 21.3 Å². The molecular formula is C11H14ClNO. The Morgan fingerprint density at radius 2 is 2.29 bits per heavy atom. The minimum absolute atomic E-state index is 0.281. The Morgan fingerprint density at radius 3 is 3.00 bits per heavy atom. The molecule has 1 aliphatic heterocycles. The van der Waals surface area contributed by atoms with Gasteiger partial charge in [0.1, 0.15) is 12.4 Å². The lowest BCUT2D eigenvalue weighted by molar-refractivity contribution is 0.303. The predicted octanol–water partition coefficient (Wildman–Crippen LogP) is 2.77. The average molecular weight is 212 g/mol. The zero-order chi connectivity index (χ0) is 10.1. The third-order valence-corrected chi connectivity index (χ3v) is 2.52. The van der Waals surface area contributed by atoms with Crippen LogP contribution in [0.4, 0.5) is 0 Å². The van der Waals surface area contributed by atoms with E-state index >= 15 is 0 Å². The Labute approximate surface area is 89.2 Å². The van der Waals surface area contributed by atoms with Crippen LogP contribution in [0.15, 0.2) is 18.2 Å². The molecule has 1 unspecified atom stereocenters. The van der Waals surface area contributed by atoms with Gasteiger partial charge in [0, 0.05) is 16.6 Å². The Balaban J connectivity index is 2.24. The Hall–Kier alpha value is -0.730. The average Bonchev–Trinajstić information content (AvgIpc) is 2.47. The van der Waals surface area contributed by atoms with Gasteiger partial charge in [-0.25, -0.2) is 0 Å². The van der Waals surface area contributed by atoms with Crippen molar-refractivity contribution in [2.24, 2.45) is 0 Å². The highest BCUT2D eigenvalue weighted by Gasteiger charge is 2.24. The largest absolute Gasteiger partial charge is 0.491 e. The lowest BCUT2D eigenvalue weighted by Crippen LogP contribution is -2.28. The Bertz CT molecular complexity index is 338. The van der Waals surface area contributed by atoms with Gasteiger partial charge in [-0.1, -0.05) is 25.4 Å². The first-order valence-corrected chi connectivity index (χ1v) is 5.23. The van der Waals surface area contributed by atoms with E-state index < -0.39 is 0 Å². The summed E-state index contributed by atoms with van der Waals surface area (Å²) >= 11 is 5.94. The zero-order valence-electron chi connectivity index (χ0n) is 8.38. The molecule has 1 N–H and O–H groups in total. The molecule has 0 aromatic heterocycles. The molecule has 14 heavy (non-hydrogen) atoms. The van der Waals surface area contributed by atoms with Crippen molar-refractivity contribution in [2.75, 3.05) is 6.61 Å². The summed E-state index contributed by atoms with van der Waals surface area (Å²) in [7, 11) is 0. The molecule has 2 nitrogen and oxygen atoms in total. The first-order chi connectivity index (χ1) is 6.66. The van der Waals surface area contributed by atoms with Gasteiger partial charge in [-0.15, -0.1) is 0 Å². The van der Waals surface area contributed by atoms with E-state index in [1.165, 1.54) is 5.56 Å². The van der Waals surface area contributed by atoms with Gasteiger partial charge in [-0.2, -0.15) is 0 Å². The number of fused-ring (bicyclic) bond motifs is 1. The molecule has 0 amide bonds. The molecule has 0 saturated carbocycles. The maximum Gasteiger partial charge on any atom is 0.124 e. The molecule has 0 aliphatic carbocycles. The van der Waals surface area contributed by atoms with Gasteiger partial charge >= 0.3 is 0 Å². The van der Waals surface area contributed by atoms with E-state index in [9.17, 15) is 0 Å². The van der Waals surface area contributed by atoms with Crippen LogP contribution in [0.5, 0.6) is 5.75 Å². The molecule has 1 aliphatic rings. The van der Waals surface area contributed by atoms with Crippen molar-refractivity contribution >= 4 is 11.6 Å². The normalized spacial score (nSPS) is 19.6. The van der Waals surface area contributed by atoms with E-state index in [2.05, 4.69) is 19.2 Å². The molecule has 1 aromatic rings. The van der Waals surface area contributed by atoms with Crippen molar-refractivity contribution < 1.29 is 4.74 Å². The zero-order valence-corrected chi connectivity index (χ0v) is 9.14. The van der Waals surface area contributed by atoms with Gasteiger partial charge in [0.2, 0.25) is 0 Å². The van der Waals surface area contributed by atoms with Gasteiger partial charge in [0.25, 0.3) is 0 Å². The molecule has 3 heteroatoms. The fourth-order valence-electron chi connectivity index (χ4n) is 1.73. The SMILES string of the molecule is CC(C)NC1COc2ccc(Cl)cc21. The third kappa shape index (κ3) is 1.86. The van der Waals surface area contributed by atoms with Gasteiger partial charge in [0.05, 0.1) is 6.04 Å². The number of halogens is 1. The summed E-state index contributed by atoms with van der Waals surface area (Å²) in [4.78, 5) is 0. The first kappa shape index (κ1) is 9.81. The fraction of sp³-hybridized carbons (Fsp3) is 0.455. The van der Waals surface area contributed by atoms with Crippen molar-refractivity contribution in [1.29, 1.82) is 0 Å². The van der Waals surface area contributed by atoms with Gasteiger partial charge in [-0.05, 0) is 18.2 Å². The van der Waals surface area contributed by atoms with Crippen LogP contribution < -0.4 is 10.1 Å². The van der Waals surface area contributed by atoms with E-state index in [-0.39, 0.29) is 6.04 Å². The van der Waals surface area contributed by atoms with E-state index in [4.69, 9.17) is 16.3 Å². The van der Waals surface area contributed by atoms with Gasteiger partial charge in [-0.3, -0.25) is 0 Å². The second-order valence-corrected chi connectivity index (χ2v) is 4.30. The summed E-state index contributed by atoms with van der Waals surface area (Å²) in [5.74, 6) is 0.951. The quantitative estimate of drug-likeness (QED) is 0.813. The summed E-state index contributed by atoms with van der Waals surface area (Å²) in [6, 6.07) is 6.50.